The van der Waals surface area contributed by atoms with Gasteiger partial charge in [-0.05, 0) is 49.9 Å². The normalized spacial score (nSPS) is 12.4. The molecular formula is C38H32IrN2SSi-2. The number of hydrogen-bond donors (Lipinski definition) is 0. The number of aryl methyl sites for hydroxylation is 1. The molecule has 215 valence electrons. The molecule has 7 aromatic rings. The molecule has 2 nitrogen and oxygen atoms in total. The van der Waals surface area contributed by atoms with Crippen LogP contribution in [-0.2, 0) is 20.1 Å². The van der Waals surface area contributed by atoms with Gasteiger partial charge >= 0.3 is 0 Å². The third-order valence-corrected chi connectivity index (χ3v) is 10.3. The Bertz CT molecular complexity index is 2000. The fourth-order valence-corrected chi connectivity index (χ4v) is 6.92. The van der Waals surface area contributed by atoms with Crippen LogP contribution in [0.5, 0.6) is 0 Å². The molecule has 0 spiro atoms. The van der Waals surface area contributed by atoms with E-state index in [1.807, 2.05) is 48.0 Å². The standard InChI is InChI=1S/C23H14NS.C15H18NSi.Ir/c1-2-6-16(7-3-1)17-9-11-19-20-14-18(21-8-4-5-13-24-21)10-12-22(20)25-23(19)15-17;1-12-5-7-13(8-6-12)15-10-9-14(11-16-15)17(2,3)4;/h1-9,11-15H;5-7,9-11H,1-4H3;/q2*-1;/i;1D3;. The van der Waals surface area contributed by atoms with Gasteiger partial charge in [0.2, 0.25) is 0 Å². The first-order valence-corrected chi connectivity index (χ1v) is 18.2. The van der Waals surface area contributed by atoms with Gasteiger partial charge in [-0.2, -0.15) is 11.3 Å². The SMILES string of the molecule is [2H]C([2H])([2H])c1c[c-]c(-c2ccc([Si](C)(C)C)cn2)cc1.[Ir].[c-]1cc2sc3cc(-c4ccccc4)ccc3c2cc1-c1ccccn1. The van der Waals surface area contributed by atoms with E-state index >= 15 is 0 Å². The molecule has 3 heterocycles. The second-order valence-electron chi connectivity index (χ2n) is 11.2. The Morgan fingerprint density at radius 2 is 1.47 bits per heavy atom. The van der Waals surface area contributed by atoms with Crippen LogP contribution in [0.3, 0.4) is 0 Å². The number of rotatable bonds is 4. The van der Waals surface area contributed by atoms with Gasteiger partial charge in [0.05, 0.1) is 8.07 Å². The Hall–Kier alpha value is -3.73. The Morgan fingerprint density at radius 1 is 0.674 bits per heavy atom. The largest absolute Gasteiger partial charge is 0.305 e. The third-order valence-electron chi connectivity index (χ3n) is 7.17. The smallest absolute Gasteiger partial charge is 0.0795 e. The molecule has 0 unspecified atom stereocenters. The van der Waals surface area contributed by atoms with E-state index in [0.717, 1.165) is 22.5 Å². The molecule has 5 heteroatoms. The molecule has 43 heavy (non-hydrogen) atoms. The first-order valence-electron chi connectivity index (χ1n) is 15.4. The summed E-state index contributed by atoms with van der Waals surface area (Å²) in [6.45, 7) is 4.76. The summed E-state index contributed by atoms with van der Waals surface area (Å²) in [5.74, 6) is 0. The van der Waals surface area contributed by atoms with Crippen molar-refractivity contribution in [3.63, 3.8) is 0 Å². The van der Waals surface area contributed by atoms with E-state index in [-0.39, 0.29) is 20.1 Å². The van der Waals surface area contributed by atoms with E-state index in [9.17, 15) is 0 Å². The van der Waals surface area contributed by atoms with Crippen molar-refractivity contribution in [1.29, 1.82) is 0 Å². The first-order chi connectivity index (χ1) is 21.6. The van der Waals surface area contributed by atoms with Crippen LogP contribution in [-0.4, -0.2) is 18.0 Å². The second kappa shape index (κ2) is 13.3. The predicted octanol–water partition coefficient (Wildman–Crippen LogP) is 9.98. The summed E-state index contributed by atoms with van der Waals surface area (Å²) in [6, 6.07) is 42.9. The van der Waals surface area contributed by atoms with Crippen molar-refractivity contribution in [3.05, 3.63) is 139 Å². The molecule has 0 aliphatic carbocycles. The van der Waals surface area contributed by atoms with Gasteiger partial charge in [-0.1, -0.05) is 98.6 Å². The zero-order chi connectivity index (χ0) is 31.6. The zero-order valence-corrected chi connectivity index (χ0v) is 28.4. The van der Waals surface area contributed by atoms with Gasteiger partial charge in [-0.25, -0.2) is 0 Å². The Morgan fingerprint density at radius 3 is 2.14 bits per heavy atom. The molecule has 0 aliphatic rings. The number of benzene rings is 4. The van der Waals surface area contributed by atoms with Crippen LogP contribution in [0.25, 0.3) is 53.8 Å². The first kappa shape index (κ1) is 26.9. The van der Waals surface area contributed by atoms with E-state index in [1.165, 1.54) is 42.6 Å². The van der Waals surface area contributed by atoms with E-state index in [2.05, 4.69) is 108 Å². The number of thiophene rings is 1. The van der Waals surface area contributed by atoms with Crippen LogP contribution >= 0.6 is 11.3 Å². The Kier molecular flexibility index (Phi) is 8.29. The molecule has 0 aliphatic heterocycles. The maximum atomic E-state index is 7.35. The van der Waals surface area contributed by atoms with E-state index in [4.69, 9.17) is 4.11 Å². The van der Waals surface area contributed by atoms with Gasteiger partial charge in [0.15, 0.2) is 0 Å². The van der Waals surface area contributed by atoms with Crippen molar-refractivity contribution in [2.75, 3.05) is 0 Å². The molecule has 7 rings (SSSR count). The summed E-state index contributed by atoms with van der Waals surface area (Å²) in [6.07, 6.45) is 3.75. The van der Waals surface area contributed by atoms with E-state index in [1.54, 1.807) is 12.1 Å². The molecule has 1 radical (unpaired) electrons. The van der Waals surface area contributed by atoms with Crippen LogP contribution in [0.2, 0.25) is 19.6 Å². The van der Waals surface area contributed by atoms with Crippen LogP contribution in [0, 0.1) is 19.0 Å². The summed E-state index contributed by atoms with van der Waals surface area (Å²) >= 11 is 1.82. The predicted molar refractivity (Wildman–Crippen MR) is 183 cm³/mol. The van der Waals surface area contributed by atoms with Crippen LogP contribution in [0.15, 0.2) is 122 Å². The molecule has 0 fully saturated rings. The van der Waals surface area contributed by atoms with Gasteiger partial charge in [0.25, 0.3) is 0 Å². The number of hydrogen-bond acceptors (Lipinski definition) is 3. The minimum Gasteiger partial charge on any atom is -0.305 e. The van der Waals surface area contributed by atoms with Gasteiger partial charge < -0.3 is 9.97 Å². The van der Waals surface area contributed by atoms with Crippen LogP contribution in [0.4, 0.5) is 0 Å². The second-order valence-corrected chi connectivity index (χ2v) is 17.4. The summed E-state index contributed by atoms with van der Waals surface area (Å²) < 4.78 is 24.6. The van der Waals surface area contributed by atoms with Crippen molar-refractivity contribution in [2.45, 2.75) is 26.5 Å². The molecule has 0 saturated carbocycles. The average Bonchev–Trinajstić information content (AvgIpc) is 3.42. The Balaban J connectivity index is 0.000000182. The molecule has 3 aromatic heterocycles. The summed E-state index contributed by atoms with van der Waals surface area (Å²) in [5.41, 5.74) is 6.46. The number of fused-ring (bicyclic) bond motifs is 3. The van der Waals surface area contributed by atoms with Crippen LogP contribution < -0.4 is 5.19 Å². The van der Waals surface area contributed by atoms with E-state index < -0.39 is 14.9 Å². The van der Waals surface area contributed by atoms with Crippen LogP contribution in [0.1, 0.15) is 9.68 Å². The molecule has 0 N–H and O–H groups in total. The summed E-state index contributed by atoms with van der Waals surface area (Å²) in [4.78, 5) is 8.92. The number of nitrogens with zero attached hydrogens (tertiary/aromatic N) is 2. The quantitative estimate of drug-likeness (QED) is 0.132. The minimum absolute atomic E-state index is 0. The molecule has 0 atom stereocenters. The minimum atomic E-state index is -2.08. The van der Waals surface area contributed by atoms with Crippen molar-refractivity contribution < 1.29 is 24.2 Å². The number of pyridine rings is 2. The van der Waals surface area contributed by atoms with Crippen molar-refractivity contribution in [1.82, 2.24) is 9.97 Å². The van der Waals surface area contributed by atoms with Gasteiger partial charge in [-0.15, -0.1) is 59.2 Å². The number of aromatic nitrogens is 2. The van der Waals surface area contributed by atoms with Crippen molar-refractivity contribution in [3.8, 4) is 33.6 Å². The molecular weight excluding hydrogens is 737 g/mol. The molecule has 0 bridgehead atoms. The van der Waals surface area contributed by atoms with Gasteiger partial charge in [0, 0.05) is 41.3 Å². The molecule has 4 aromatic carbocycles. The van der Waals surface area contributed by atoms with Gasteiger partial charge in [-0.3, -0.25) is 0 Å². The average molecular weight is 772 g/mol. The van der Waals surface area contributed by atoms with Crippen molar-refractivity contribution >= 4 is 44.8 Å². The Labute approximate surface area is 277 Å². The maximum absolute atomic E-state index is 7.35. The molecule has 0 amide bonds. The van der Waals surface area contributed by atoms with Crippen molar-refractivity contribution in [2.24, 2.45) is 0 Å². The summed E-state index contributed by atoms with van der Waals surface area (Å²) in [5, 5.41) is 3.88. The maximum Gasteiger partial charge on any atom is 0.0795 e. The monoisotopic (exact) mass is 772 g/mol. The fourth-order valence-electron chi connectivity index (χ4n) is 4.78. The zero-order valence-electron chi connectivity index (χ0n) is 27.2. The topological polar surface area (TPSA) is 25.8 Å². The van der Waals surface area contributed by atoms with Gasteiger partial charge in [0.1, 0.15) is 0 Å². The summed E-state index contributed by atoms with van der Waals surface area (Å²) in [7, 11) is -1.34. The third kappa shape index (κ3) is 7.09. The fraction of sp³-hybridized carbons (Fsp3) is 0.105. The molecule has 0 saturated heterocycles. The van der Waals surface area contributed by atoms with E-state index in [0.29, 0.717) is 5.56 Å².